The minimum absolute atomic E-state index is 0.277. The zero-order chi connectivity index (χ0) is 9.69. The lowest BCUT2D eigenvalue weighted by atomic mass is 9.88. The minimum atomic E-state index is -0.277. The van der Waals surface area contributed by atoms with E-state index in [4.69, 9.17) is 9.47 Å². The fourth-order valence-corrected chi connectivity index (χ4v) is 1.86. The van der Waals surface area contributed by atoms with Gasteiger partial charge in [-0.15, -0.1) is 11.3 Å². The van der Waals surface area contributed by atoms with Gasteiger partial charge in [0.1, 0.15) is 11.2 Å². The lowest BCUT2D eigenvalue weighted by molar-refractivity contribution is -0.0983. The number of ether oxygens (including phenoxy) is 2. The van der Waals surface area contributed by atoms with Crippen molar-refractivity contribution in [1.29, 1.82) is 0 Å². The fourth-order valence-electron chi connectivity index (χ4n) is 1.22. The Morgan fingerprint density at radius 2 is 1.31 bits per heavy atom. The summed E-state index contributed by atoms with van der Waals surface area (Å²) in [6.45, 7) is 8.20. The van der Waals surface area contributed by atoms with E-state index in [1.807, 2.05) is 38.5 Å². The fraction of sp³-hybridized carbons (Fsp3) is 0.600. The maximum absolute atomic E-state index is 5.86. The molecule has 3 heteroatoms. The zero-order valence-corrected chi connectivity index (χ0v) is 9.20. The third kappa shape index (κ3) is 1.22. The van der Waals surface area contributed by atoms with Crippen LogP contribution in [-0.4, -0.2) is 11.2 Å². The SMILES string of the molecule is CC1(C)Oc2cscc2OC1(C)C. The molecule has 0 N–H and O–H groups in total. The number of hydrogen-bond acceptors (Lipinski definition) is 3. The van der Waals surface area contributed by atoms with Crippen molar-refractivity contribution in [3.8, 4) is 11.5 Å². The maximum atomic E-state index is 5.86. The van der Waals surface area contributed by atoms with Crippen molar-refractivity contribution >= 4 is 11.3 Å². The third-order valence-corrected chi connectivity index (χ3v) is 3.47. The van der Waals surface area contributed by atoms with Crippen LogP contribution in [0.15, 0.2) is 10.8 Å². The maximum Gasteiger partial charge on any atom is 0.172 e. The molecule has 0 fully saturated rings. The highest BCUT2D eigenvalue weighted by Gasteiger charge is 2.45. The molecule has 2 rings (SSSR count). The van der Waals surface area contributed by atoms with Gasteiger partial charge in [-0.25, -0.2) is 0 Å². The Balaban J connectivity index is 2.43. The van der Waals surface area contributed by atoms with Crippen LogP contribution in [-0.2, 0) is 0 Å². The topological polar surface area (TPSA) is 18.5 Å². The average molecular weight is 198 g/mol. The Morgan fingerprint density at radius 3 is 1.69 bits per heavy atom. The summed E-state index contributed by atoms with van der Waals surface area (Å²) in [5, 5.41) is 3.96. The van der Waals surface area contributed by atoms with E-state index in [0.717, 1.165) is 11.5 Å². The van der Waals surface area contributed by atoms with E-state index in [-0.39, 0.29) is 11.2 Å². The van der Waals surface area contributed by atoms with Crippen LogP contribution in [0, 0.1) is 0 Å². The summed E-state index contributed by atoms with van der Waals surface area (Å²) in [5.74, 6) is 1.74. The monoisotopic (exact) mass is 198 g/mol. The lowest BCUT2D eigenvalue weighted by Gasteiger charge is -2.44. The van der Waals surface area contributed by atoms with E-state index in [9.17, 15) is 0 Å². The van der Waals surface area contributed by atoms with Crippen molar-refractivity contribution in [2.24, 2.45) is 0 Å². The molecule has 0 atom stereocenters. The van der Waals surface area contributed by atoms with Crippen LogP contribution < -0.4 is 9.47 Å². The standard InChI is InChI=1S/C10H14O2S/c1-9(2)10(3,4)12-8-6-13-5-7(8)11-9/h5-6H,1-4H3. The number of hydrogen-bond donors (Lipinski definition) is 0. The predicted octanol–water partition coefficient (Wildman–Crippen LogP) is 3.08. The molecule has 0 saturated heterocycles. The van der Waals surface area contributed by atoms with Crippen molar-refractivity contribution in [3.63, 3.8) is 0 Å². The van der Waals surface area contributed by atoms with Crippen LogP contribution in [0.2, 0.25) is 0 Å². The first kappa shape index (κ1) is 8.88. The van der Waals surface area contributed by atoms with Crippen LogP contribution in [0.5, 0.6) is 11.5 Å². The van der Waals surface area contributed by atoms with Gasteiger partial charge in [-0.2, -0.15) is 0 Å². The largest absolute Gasteiger partial charge is 0.479 e. The quantitative estimate of drug-likeness (QED) is 0.638. The minimum Gasteiger partial charge on any atom is -0.479 e. The van der Waals surface area contributed by atoms with Crippen LogP contribution >= 0.6 is 11.3 Å². The van der Waals surface area contributed by atoms with Crippen molar-refractivity contribution < 1.29 is 9.47 Å². The van der Waals surface area contributed by atoms with Gasteiger partial charge in [0.15, 0.2) is 11.5 Å². The zero-order valence-electron chi connectivity index (χ0n) is 8.38. The highest BCUT2D eigenvalue weighted by molar-refractivity contribution is 7.08. The summed E-state index contributed by atoms with van der Waals surface area (Å²) in [7, 11) is 0. The summed E-state index contributed by atoms with van der Waals surface area (Å²) in [5.41, 5.74) is -0.553. The number of fused-ring (bicyclic) bond motifs is 1. The summed E-state index contributed by atoms with van der Waals surface area (Å²) in [4.78, 5) is 0. The van der Waals surface area contributed by atoms with E-state index < -0.39 is 0 Å². The van der Waals surface area contributed by atoms with Crippen LogP contribution in [0.25, 0.3) is 0 Å². The molecule has 0 aliphatic carbocycles. The third-order valence-electron chi connectivity index (χ3n) is 2.77. The first-order chi connectivity index (χ1) is 5.92. The molecular weight excluding hydrogens is 184 g/mol. The molecular formula is C10H14O2S. The van der Waals surface area contributed by atoms with Crippen molar-refractivity contribution in [2.45, 2.75) is 38.9 Å². The first-order valence-corrected chi connectivity index (χ1v) is 5.31. The van der Waals surface area contributed by atoms with Gasteiger partial charge < -0.3 is 9.47 Å². The van der Waals surface area contributed by atoms with Gasteiger partial charge in [-0.05, 0) is 27.7 Å². The highest BCUT2D eigenvalue weighted by atomic mass is 32.1. The van der Waals surface area contributed by atoms with Gasteiger partial charge in [0.2, 0.25) is 0 Å². The molecule has 0 aromatic carbocycles. The van der Waals surface area contributed by atoms with E-state index in [1.165, 1.54) is 0 Å². The molecule has 1 aliphatic rings. The first-order valence-electron chi connectivity index (χ1n) is 4.37. The summed E-state index contributed by atoms with van der Waals surface area (Å²) in [6.07, 6.45) is 0. The molecule has 0 spiro atoms. The normalized spacial score (nSPS) is 22.8. The number of thiophene rings is 1. The van der Waals surface area contributed by atoms with E-state index in [2.05, 4.69) is 0 Å². The molecule has 1 aromatic heterocycles. The van der Waals surface area contributed by atoms with E-state index in [0.29, 0.717) is 0 Å². The molecule has 2 nitrogen and oxygen atoms in total. The van der Waals surface area contributed by atoms with Crippen molar-refractivity contribution in [2.75, 3.05) is 0 Å². The lowest BCUT2D eigenvalue weighted by Crippen LogP contribution is -2.55. The molecule has 0 amide bonds. The van der Waals surface area contributed by atoms with Gasteiger partial charge >= 0.3 is 0 Å². The Kier molecular flexibility index (Phi) is 1.65. The average Bonchev–Trinajstić information content (AvgIpc) is 2.33. The molecule has 0 radical (unpaired) electrons. The molecule has 2 heterocycles. The summed E-state index contributed by atoms with van der Waals surface area (Å²) in [6, 6.07) is 0. The smallest absolute Gasteiger partial charge is 0.172 e. The van der Waals surface area contributed by atoms with Crippen LogP contribution in [0.4, 0.5) is 0 Å². The van der Waals surface area contributed by atoms with Gasteiger partial charge in [0.25, 0.3) is 0 Å². The summed E-state index contributed by atoms with van der Waals surface area (Å²) >= 11 is 1.61. The summed E-state index contributed by atoms with van der Waals surface area (Å²) < 4.78 is 11.7. The van der Waals surface area contributed by atoms with Crippen LogP contribution in [0.1, 0.15) is 27.7 Å². The Labute approximate surface area is 82.5 Å². The molecule has 72 valence electrons. The Hall–Kier alpha value is -0.700. The molecule has 1 aliphatic heterocycles. The predicted molar refractivity (Wildman–Crippen MR) is 53.7 cm³/mol. The van der Waals surface area contributed by atoms with Gasteiger partial charge in [0, 0.05) is 10.8 Å². The van der Waals surface area contributed by atoms with Gasteiger partial charge in [-0.3, -0.25) is 0 Å². The van der Waals surface area contributed by atoms with Crippen LogP contribution in [0.3, 0.4) is 0 Å². The second kappa shape index (κ2) is 2.41. The number of rotatable bonds is 0. The van der Waals surface area contributed by atoms with E-state index in [1.54, 1.807) is 11.3 Å². The molecule has 13 heavy (non-hydrogen) atoms. The highest BCUT2D eigenvalue weighted by Crippen LogP contribution is 2.44. The Morgan fingerprint density at radius 1 is 0.923 bits per heavy atom. The second-order valence-electron chi connectivity index (χ2n) is 4.33. The molecule has 0 bridgehead atoms. The van der Waals surface area contributed by atoms with Crippen molar-refractivity contribution in [1.82, 2.24) is 0 Å². The Bertz CT molecular complexity index is 295. The van der Waals surface area contributed by atoms with Gasteiger partial charge in [0.05, 0.1) is 0 Å². The molecule has 1 aromatic rings. The van der Waals surface area contributed by atoms with Gasteiger partial charge in [-0.1, -0.05) is 0 Å². The molecule has 0 saturated carbocycles. The molecule has 0 unspecified atom stereocenters. The van der Waals surface area contributed by atoms with E-state index >= 15 is 0 Å². The van der Waals surface area contributed by atoms with Crippen molar-refractivity contribution in [3.05, 3.63) is 10.8 Å². The second-order valence-corrected chi connectivity index (χ2v) is 5.07.